The van der Waals surface area contributed by atoms with Crippen LogP contribution in [0.25, 0.3) is 0 Å². The molecular formula is C14H23NO. The normalized spacial score (nSPS) is 11.1. The molecule has 0 bridgehead atoms. The fraction of sp³-hybridized carbons (Fsp3) is 0.571. The van der Waals surface area contributed by atoms with Gasteiger partial charge in [0.25, 0.3) is 0 Å². The van der Waals surface area contributed by atoms with E-state index < -0.39 is 0 Å². The van der Waals surface area contributed by atoms with E-state index in [-0.39, 0.29) is 0 Å². The molecule has 1 rings (SSSR count). The molecule has 0 spiro atoms. The molecule has 0 saturated heterocycles. The van der Waals surface area contributed by atoms with Gasteiger partial charge in [-0.25, -0.2) is 0 Å². The molecule has 0 aliphatic heterocycles. The Labute approximate surface area is 99.2 Å². The number of hydrogen-bond acceptors (Lipinski definition) is 2. The highest BCUT2D eigenvalue weighted by atomic mass is 16.5. The number of para-hydroxylation sites is 1. The third-order valence-corrected chi connectivity index (χ3v) is 2.40. The van der Waals surface area contributed by atoms with Crippen LogP contribution in [0.15, 0.2) is 24.3 Å². The minimum Gasteiger partial charge on any atom is -0.492 e. The Bertz CT molecular complexity index is 307. The summed E-state index contributed by atoms with van der Waals surface area (Å²) in [5.74, 6) is 1.71. The van der Waals surface area contributed by atoms with Gasteiger partial charge >= 0.3 is 0 Å². The van der Waals surface area contributed by atoms with Crippen LogP contribution in [0.2, 0.25) is 0 Å². The largest absolute Gasteiger partial charge is 0.492 e. The SMILES string of the molecule is CC(C)Cc1ccccc1OCCN(C)C. The summed E-state index contributed by atoms with van der Waals surface area (Å²) in [6.45, 7) is 6.17. The smallest absolute Gasteiger partial charge is 0.122 e. The first-order valence-electron chi connectivity index (χ1n) is 5.95. The van der Waals surface area contributed by atoms with E-state index in [1.54, 1.807) is 0 Å². The van der Waals surface area contributed by atoms with Gasteiger partial charge in [0.05, 0.1) is 0 Å². The van der Waals surface area contributed by atoms with E-state index in [0.717, 1.165) is 25.3 Å². The van der Waals surface area contributed by atoms with Gasteiger partial charge in [0, 0.05) is 6.54 Å². The summed E-state index contributed by atoms with van der Waals surface area (Å²) in [6.07, 6.45) is 1.08. The topological polar surface area (TPSA) is 12.5 Å². The zero-order chi connectivity index (χ0) is 12.0. The quantitative estimate of drug-likeness (QED) is 0.732. The highest BCUT2D eigenvalue weighted by Crippen LogP contribution is 2.21. The van der Waals surface area contributed by atoms with Gasteiger partial charge < -0.3 is 9.64 Å². The van der Waals surface area contributed by atoms with E-state index in [1.807, 2.05) is 6.07 Å². The van der Waals surface area contributed by atoms with Gasteiger partial charge in [-0.3, -0.25) is 0 Å². The van der Waals surface area contributed by atoms with E-state index in [0.29, 0.717) is 5.92 Å². The maximum atomic E-state index is 5.81. The van der Waals surface area contributed by atoms with Crippen molar-refractivity contribution >= 4 is 0 Å². The van der Waals surface area contributed by atoms with Crippen LogP contribution in [-0.2, 0) is 6.42 Å². The molecule has 16 heavy (non-hydrogen) atoms. The molecular weight excluding hydrogens is 198 g/mol. The molecule has 0 heterocycles. The lowest BCUT2D eigenvalue weighted by atomic mass is 10.0. The first kappa shape index (κ1) is 13.0. The molecule has 0 saturated carbocycles. The van der Waals surface area contributed by atoms with Crippen molar-refractivity contribution in [3.05, 3.63) is 29.8 Å². The van der Waals surface area contributed by atoms with Crippen LogP contribution in [0.3, 0.4) is 0 Å². The zero-order valence-corrected chi connectivity index (χ0v) is 10.9. The van der Waals surface area contributed by atoms with Crippen molar-refractivity contribution in [2.45, 2.75) is 20.3 Å². The lowest BCUT2D eigenvalue weighted by molar-refractivity contribution is 0.259. The number of ether oxygens (including phenoxy) is 1. The first-order chi connectivity index (χ1) is 7.59. The van der Waals surface area contributed by atoms with Crippen LogP contribution in [0.4, 0.5) is 0 Å². The van der Waals surface area contributed by atoms with Gasteiger partial charge in [0.15, 0.2) is 0 Å². The summed E-state index contributed by atoms with van der Waals surface area (Å²) in [6, 6.07) is 8.34. The molecule has 1 aromatic carbocycles. The molecule has 90 valence electrons. The monoisotopic (exact) mass is 221 g/mol. The van der Waals surface area contributed by atoms with Crippen molar-refractivity contribution in [2.75, 3.05) is 27.2 Å². The van der Waals surface area contributed by atoms with Crippen LogP contribution >= 0.6 is 0 Å². The summed E-state index contributed by atoms with van der Waals surface area (Å²) < 4.78 is 5.81. The Kier molecular flexibility index (Phi) is 5.33. The second-order valence-electron chi connectivity index (χ2n) is 4.86. The molecule has 0 aromatic heterocycles. The summed E-state index contributed by atoms with van der Waals surface area (Å²) in [7, 11) is 4.12. The minimum atomic E-state index is 0.665. The predicted molar refractivity (Wildman–Crippen MR) is 69.0 cm³/mol. The molecule has 0 aliphatic rings. The van der Waals surface area contributed by atoms with Crippen molar-refractivity contribution in [1.29, 1.82) is 0 Å². The fourth-order valence-corrected chi connectivity index (χ4v) is 1.59. The van der Waals surface area contributed by atoms with Crippen LogP contribution in [0, 0.1) is 5.92 Å². The standard InChI is InChI=1S/C14H23NO/c1-12(2)11-13-7-5-6-8-14(13)16-10-9-15(3)4/h5-8,12H,9-11H2,1-4H3. The summed E-state index contributed by atoms with van der Waals surface area (Å²) in [4.78, 5) is 2.13. The van der Waals surface area contributed by atoms with Crippen molar-refractivity contribution in [3.8, 4) is 5.75 Å². The van der Waals surface area contributed by atoms with E-state index in [1.165, 1.54) is 5.56 Å². The fourth-order valence-electron chi connectivity index (χ4n) is 1.59. The third-order valence-electron chi connectivity index (χ3n) is 2.40. The molecule has 2 nitrogen and oxygen atoms in total. The second-order valence-corrected chi connectivity index (χ2v) is 4.86. The molecule has 0 amide bonds. The molecule has 0 atom stereocenters. The summed E-state index contributed by atoms with van der Waals surface area (Å²) in [5, 5.41) is 0. The maximum absolute atomic E-state index is 5.81. The second kappa shape index (κ2) is 6.54. The Hall–Kier alpha value is -1.02. The number of nitrogens with zero attached hydrogens (tertiary/aromatic N) is 1. The molecule has 0 aliphatic carbocycles. The van der Waals surface area contributed by atoms with Crippen molar-refractivity contribution in [3.63, 3.8) is 0 Å². The Morgan fingerprint density at radius 2 is 1.88 bits per heavy atom. The highest BCUT2D eigenvalue weighted by molar-refractivity contribution is 5.33. The molecule has 0 unspecified atom stereocenters. The molecule has 0 fully saturated rings. The number of benzene rings is 1. The van der Waals surface area contributed by atoms with Crippen LogP contribution < -0.4 is 4.74 Å². The summed E-state index contributed by atoms with van der Waals surface area (Å²) >= 11 is 0. The lowest BCUT2D eigenvalue weighted by Gasteiger charge is -2.14. The minimum absolute atomic E-state index is 0.665. The zero-order valence-electron chi connectivity index (χ0n) is 10.9. The predicted octanol–water partition coefficient (Wildman–Crippen LogP) is 2.83. The number of rotatable bonds is 6. The van der Waals surface area contributed by atoms with Crippen LogP contribution in [0.1, 0.15) is 19.4 Å². The van der Waals surface area contributed by atoms with Crippen molar-refractivity contribution in [2.24, 2.45) is 5.92 Å². The maximum Gasteiger partial charge on any atom is 0.122 e. The number of likely N-dealkylation sites (N-methyl/N-ethyl adjacent to an activating group) is 1. The van der Waals surface area contributed by atoms with E-state index in [2.05, 4.69) is 51.0 Å². The summed E-state index contributed by atoms with van der Waals surface area (Å²) in [5.41, 5.74) is 1.32. The number of hydrogen-bond donors (Lipinski definition) is 0. The highest BCUT2D eigenvalue weighted by Gasteiger charge is 2.05. The molecule has 2 heteroatoms. The molecule has 0 N–H and O–H groups in total. The van der Waals surface area contributed by atoms with E-state index in [9.17, 15) is 0 Å². The van der Waals surface area contributed by atoms with Gasteiger partial charge in [0.1, 0.15) is 12.4 Å². The van der Waals surface area contributed by atoms with E-state index in [4.69, 9.17) is 4.74 Å². The van der Waals surface area contributed by atoms with Crippen LogP contribution in [0.5, 0.6) is 5.75 Å². The first-order valence-corrected chi connectivity index (χ1v) is 5.95. The average Bonchev–Trinajstić information content (AvgIpc) is 2.19. The van der Waals surface area contributed by atoms with E-state index >= 15 is 0 Å². The van der Waals surface area contributed by atoms with Crippen molar-refractivity contribution in [1.82, 2.24) is 4.90 Å². The molecule has 1 aromatic rings. The Morgan fingerprint density at radius 3 is 2.50 bits per heavy atom. The lowest BCUT2D eigenvalue weighted by Crippen LogP contribution is -2.19. The van der Waals surface area contributed by atoms with Crippen molar-refractivity contribution < 1.29 is 4.74 Å². The average molecular weight is 221 g/mol. The van der Waals surface area contributed by atoms with Gasteiger partial charge in [0.2, 0.25) is 0 Å². The third kappa shape index (κ3) is 4.67. The van der Waals surface area contributed by atoms with Gasteiger partial charge in [-0.15, -0.1) is 0 Å². The Morgan fingerprint density at radius 1 is 1.19 bits per heavy atom. The van der Waals surface area contributed by atoms with Gasteiger partial charge in [-0.2, -0.15) is 0 Å². The molecule has 0 radical (unpaired) electrons. The Balaban J connectivity index is 2.56. The van der Waals surface area contributed by atoms with Gasteiger partial charge in [-0.05, 0) is 38.1 Å². The van der Waals surface area contributed by atoms with Crippen LogP contribution in [-0.4, -0.2) is 32.1 Å². The van der Waals surface area contributed by atoms with Gasteiger partial charge in [-0.1, -0.05) is 32.0 Å².